The summed E-state index contributed by atoms with van der Waals surface area (Å²) in [6.07, 6.45) is 0.411. The first-order chi connectivity index (χ1) is 9.66. The van der Waals surface area contributed by atoms with Crippen LogP contribution in [0.3, 0.4) is 0 Å². The Morgan fingerprint density at radius 3 is 1.85 bits per heavy atom. The molecule has 0 radical (unpaired) electrons. The minimum absolute atomic E-state index is 0.150. The topological polar surface area (TPSA) is 17.1 Å². The lowest BCUT2D eigenvalue weighted by Gasteiger charge is -2.04. The van der Waals surface area contributed by atoms with Crippen LogP contribution in [0.15, 0.2) is 66.4 Å². The van der Waals surface area contributed by atoms with Gasteiger partial charge in [-0.05, 0) is 30.5 Å². The second kappa shape index (κ2) is 6.70. The molecule has 20 heavy (non-hydrogen) atoms. The van der Waals surface area contributed by atoms with Crippen molar-refractivity contribution < 1.29 is 4.79 Å². The number of benzene rings is 2. The number of carbonyl (C=O) groups excluding carboxylic acids is 1. The fourth-order valence-electron chi connectivity index (χ4n) is 2.09. The van der Waals surface area contributed by atoms with Crippen LogP contribution < -0.4 is 0 Å². The summed E-state index contributed by atoms with van der Waals surface area (Å²) in [5, 5.41) is 0. The molecular weight excluding hydrogens is 244 g/mol. The Morgan fingerprint density at radius 1 is 0.850 bits per heavy atom. The largest absolute Gasteiger partial charge is 0.300 e. The van der Waals surface area contributed by atoms with Gasteiger partial charge in [0.05, 0.1) is 0 Å². The Hall–Kier alpha value is -2.37. The first-order valence-corrected chi connectivity index (χ1v) is 6.73. The van der Waals surface area contributed by atoms with Crippen LogP contribution in [0, 0.1) is 0 Å². The van der Waals surface area contributed by atoms with Gasteiger partial charge in [0.1, 0.15) is 5.78 Å². The lowest BCUT2D eigenvalue weighted by Crippen LogP contribution is -1.93. The highest BCUT2D eigenvalue weighted by atomic mass is 16.1. The highest BCUT2D eigenvalue weighted by Gasteiger charge is 2.04. The summed E-state index contributed by atoms with van der Waals surface area (Å²) in [7, 11) is 0. The van der Waals surface area contributed by atoms with Crippen LogP contribution in [0.25, 0.3) is 11.1 Å². The van der Waals surface area contributed by atoms with Gasteiger partial charge in [-0.1, -0.05) is 60.7 Å². The van der Waals surface area contributed by atoms with E-state index in [1.54, 1.807) is 6.92 Å². The number of hydrogen-bond acceptors (Lipinski definition) is 1. The summed E-state index contributed by atoms with van der Waals surface area (Å²) in [6, 6.07) is 20.1. The highest BCUT2D eigenvalue weighted by molar-refractivity contribution is 5.89. The zero-order valence-corrected chi connectivity index (χ0v) is 11.9. The number of ketones is 1. The number of rotatable bonds is 4. The zero-order valence-electron chi connectivity index (χ0n) is 11.9. The normalized spacial score (nSPS) is 9.70. The molecule has 0 fully saturated rings. The third-order valence-corrected chi connectivity index (χ3v) is 3.09. The summed E-state index contributed by atoms with van der Waals surface area (Å²) in [6.45, 7) is 3.64. The minimum atomic E-state index is 0.150. The third kappa shape index (κ3) is 3.81. The maximum absolute atomic E-state index is 11.5. The van der Waals surface area contributed by atoms with E-state index in [1.807, 2.05) is 55.5 Å². The van der Waals surface area contributed by atoms with Crippen LogP contribution in [-0.2, 0) is 4.79 Å². The van der Waals surface area contributed by atoms with Gasteiger partial charge in [-0.25, -0.2) is 0 Å². The fraction of sp³-hybridized carbons (Fsp3) is 0.158. The van der Waals surface area contributed by atoms with E-state index in [0.29, 0.717) is 6.42 Å². The molecule has 0 spiro atoms. The van der Waals surface area contributed by atoms with Crippen molar-refractivity contribution in [1.82, 2.24) is 0 Å². The summed E-state index contributed by atoms with van der Waals surface area (Å²) in [4.78, 5) is 11.5. The monoisotopic (exact) mass is 262 g/mol. The molecule has 0 aliphatic heterocycles. The molecule has 2 aromatic rings. The van der Waals surface area contributed by atoms with E-state index in [1.165, 1.54) is 0 Å². The number of carbonyl (C=O) groups is 1. The van der Waals surface area contributed by atoms with Gasteiger partial charge >= 0.3 is 0 Å². The second-order valence-corrected chi connectivity index (χ2v) is 4.84. The molecule has 0 saturated heterocycles. The van der Waals surface area contributed by atoms with Crippen molar-refractivity contribution in [2.24, 2.45) is 0 Å². The lowest BCUT2D eigenvalue weighted by molar-refractivity contribution is -0.116. The SMILES string of the molecule is CC(=O)CC(=C=C(C)c1ccccc1)c1ccccc1. The van der Waals surface area contributed by atoms with E-state index in [0.717, 1.165) is 22.3 Å². The van der Waals surface area contributed by atoms with Gasteiger partial charge in [-0.2, -0.15) is 0 Å². The molecule has 0 amide bonds. The van der Waals surface area contributed by atoms with Gasteiger partial charge in [0.25, 0.3) is 0 Å². The van der Waals surface area contributed by atoms with Gasteiger partial charge in [-0.15, -0.1) is 5.73 Å². The number of Topliss-reactive ketones (excluding diaryl/α,β-unsaturated/α-hetero) is 1. The van der Waals surface area contributed by atoms with Gasteiger partial charge in [0, 0.05) is 12.0 Å². The maximum Gasteiger partial charge on any atom is 0.134 e. The molecule has 2 aromatic carbocycles. The average molecular weight is 262 g/mol. The fourth-order valence-corrected chi connectivity index (χ4v) is 2.09. The molecule has 0 unspecified atom stereocenters. The molecule has 0 aliphatic carbocycles. The van der Waals surface area contributed by atoms with Crippen LogP contribution in [0.4, 0.5) is 0 Å². The van der Waals surface area contributed by atoms with Crippen molar-refractivity contribution in [3.05, 3.63) is 77.5 Å². The molecule has 1 nitrogen and oxygen atoms in total. The van der Waals surface area contributed by atoms with Gasteiger partial charge in [0.2, 0.25) is 0 Å². The predicted molar refractivity (Wildman–Crippen MR) is 84.2 cm³/mol. The Bertz CT molecular complexity index is 645. The standard InChI is InChI=1S/C19H18O/c1-15(17-9-5-3-6-10-17)13-19(14-16(2)20)18-11-7-4-8-12-18/h3-12H,14H2,1-2H3. The third-order valence-electron chi connectivity index (χ3n) is 3.09. The quantitative estimate of drug-likeness (QED) is 0.727. The van der Waals surface area contributed by atoms with Gasteiger partial charge < -0.3 is 0 Å². The van der Waals surface area contributed by atoms with Gasteiger partial charge in [-0.3, -0.25) is 4.79 Å². The van der Waals surface area contributed by atoms with Crippen molar-refractivity contribution in [2.75, 3.05) is 0 Å². The summed E-state index contributed by atoms with van der Waals surface area (Å²) >= 11 is 0. The highest BCUT2D eigenvalue weighted by Crippen LogP contribution is 2.20. The van der Waals surface area contributed by atoms with Gasteiger partial charge in [0.15, 0.2) is 0 Å². The first-order valence-electron chi connectivity index (χ1n) is 6.73. The van der Waals surface area contributed by atoms with Crippen LogP contribution >= 0.6 is 0 Å². The Kier molecular flexibility index (Phi) is 4.70. The molecule has 0 atom stereocenters. The van der Waals surface area contributed by atoms with Crippen molar-refractivity contribution in [1.29, 1.82) is 0 Å². The average Bonchev–Trinajstić information content (AvgIpc) is 2.48. The summed E-state index contributed by atoms with van der Waals surface area (Å²) in [5.41, 5.74) is 7.57. The Balaban J connectivity index is 2.51. The Labute approximate surface area is 120 Å². The summed E-state index contributed by atoms with van der Waals surface area (Å²) < 4.78 is 0. The molecule has 0 bridgehead atoms. The van der Waals surface area contributed by atoms with Crippen molar-refractivity contribution in [2.45, 2.75) is 20.3 Å². The second-order valence-electron chi connectivity index (χ2n) is 4.84. The zero-order chi connectivity index (χ0) is 14.4. The maximum atomic E-state index is 11.5. The molecular formula is C19H18O. The van der Waals surface area contributed by atoms with E-state index in [9.17, 15) is 4.79 Å². The Morgan fingerprint density at radius 2 is 1.35 bits per heavy atom. The molecule has 0 heterocycles. The summed E-state index contributed by atoms with van der Waals surface area (Å²) in [5.74, 6) is 0.150. The molecule has 100 valence electrons. The lowest BCUT2D eigenvalue weighted by atomic mass is 9.99. The van der Waals surface area contributed by atoms with E-state index in [4.69, 9.17) is 0 Å². The molecule has 2 rings (SSSR count). The molecule has 0 aromatic heterocycles. The van der Waals surface area contributed by atoms with E-state index >= 15 is 0 Å². The number of allylic oxidation sites excluding steroid dienone is 1. The van der Waals surface area contributed by atoms with E-state index in [2.05, 4.69) is 17.9 Å². The molecule has 0 aliphatic rings. The molecule has 1 heteroatoms. The van der Waals surface area contributed by atoms with Crippen LogP contribution in [0.2, 0.25) is 0 Å². The van der Waals surface area contributed by atoms with Crippen LogP contribution in [0.5, 0.6) is 0 Å². The van der Waals surface area contributed by atoms with Crippen LogP contribution in [0.1, 0.15) is 31.4 Å². The van der Waals surface area contributed by atoms with Crippen molar-refractivity contribution >= 4 is 16.9 Å². The van der Waals surface area contributed by atoms with Crippen molar-refractivity contribution in [3.63, 3.8) is 0 Å². The van der Waals surface area contributed by atoms with Crippen molar-refractivity contribution in [3.8, 4) is 0 Å². The van der Waals surface area contributed by atoms with Crippen LogP contribution in [-0.4, -0.2) is 5.78 Å². The first kappa shape index (κ1) is 14.0. The number of hydrogen-bond donors (Lipinski definition) is 0. The predicted octanol–water partition coefficient (Wildman–Crippen LogP) is 4.75. The van der Waals surface area contributed by atoms with E-state index in [-0.39, 0.29) is 5.78 Å². The van der Waals surface area contributed by atoms with E-state index < -0.39 is 0 Å². The molecule has 0 saturated carbocycles. The smallest absolute Gasteiger partial charge is 0.134 e. The molecule has 0 N–H and O–H groups in total. The minimum Gasteiger partial charge on any atom is -0.300 e.